The highest BCUT2D eigenvalue weighted by Crippen LogP contribution is 2.39. The minimum absolute atomic E-state index is 0.200. The van der Waals surface area contributed by atoms with E-state index in [0.717, 1.165) is 16.7 Å². The van der Waals surface area contributed by atoms with Crippen molar-refractivity contribution in [3.8, 4) is 11.5 Å². The lowest BCUT2D eigenvalue weighted by atomic mass is 9.84. The summed E-state index contributed by atoms with van der Waals surface area (Å²) in [4.78, 5) is 0. The summed E-state index contributed by atoms with van der Waals surface area (Å²) in [6.07, 6.45) is 0. The molecular weight excluding hydrogens is 260 g/mol. The molecule has 0 bridgehead atoms. The van der Waals surface area contributed by atoms with Gasteiger partial charge in [0.1, 0.15) is 11.5 Å². The van der Waals surface area contributed by atoms with E-state index in [2.05, 4.69) is 0 Å². The molecule has 3 aromatic rings. The number of phenolic OH excluding ortho intramolecular Hbond substituents is 2. The summed E-state index contributed by atoms with van der Waals surface area (Å²) < 4.78 is 0. The van der Waals surface area contributed by atoms with Crippen LogP contribution >= 0.6 is 0 Å². The topological polar surface area (TPSA) is 40.5 Å². The van der Waals surface area contributed by atoms with Crippen molar-refractivity contribution in [2.75, 3.05) is 0 Å². The Bertz CT molecular complexity index is 690. The third kappa shape index (κ3) is 2.61. The lowest BCUT2D eigenvalue weighted by molar-refractivity contribution is 0.458. The molecule has 0 atom stereocenters. The molecule has 104 valence electrons. The van der Waals surface area contributed by atoms with E-state index in [1.54, 1.807) is 24.3 Å². The van der Waals surface area contributed by atoms with Crippen molar-refractivity contribution in [3.05, 3.63) is 95.6 Å². The third-order valence-corrected chi connectivity index (χ3v) is 3.63. The standard InChI is InChI=1S/C19H16O2/c20-17-12-6-4-10-15(17)19(14-8-2-1-3-9-14)16-11-5-7-13-18(16)21/h1-13,19-21H. The zero-order valence-corrected chi connectivity index (χ0v) is 11.5. The van der Waals surface area contributed by atoms with Crippen molar-refractivity contribution in [3.63, 3.8) is 0 Å². The van der Waals surface area contributed by atoms with Crippen molar-refractivity contribution in [2.45, 2.75) is 5.92 Å². The fourth-order valence-electron chi connectivity index (χ4n) is 2.64. The van der Waals surface area contributed by atoms with E-state index >= 15 is 0 Å². The van der Waals surface area contributed by atoms with Crippen molar-refractivity contribution < 1.29 is 10.2 Å². The van der Waals surface area contributed by atoms with E-state index in [9.17, 15) is 10.2 Å². The van der Waals surface area contributed by atoms with Crippen molar-refractivity contribution >= 4 is 0 Å². The summed E-state index contributed by atoms with van der Waals surface area (Å²) in [6.45, 7) is 0. The van der Waals surface area contributed by atoms with Crippen LogP contribution < -0.4 is 0 Å². The quantitative estimate of drug-likeness (QED) is 0.701. The van der Waals surface area contributed by atoms with Gasteiger partial charge in [-0.1, -0.05) is 66.7 Å². The fraction of sp³-hybridized carbons (Fsp3) is 0.0526. The molecule has 2 nitrogen and oxygen atoms in total. The van der Waals surface area contributed by atoms with Crippen LogP contribution in [0.5, 0.6) is 11.5 Å². The molecule has 0 amide bonds. The van der Waals surface area contributed by atoms with Gasteiger partial charge >= 0.3 is 0 Å². The molecule has 0 aromatic heterocycles. The third-order valence-electron chi connectivity index (χ3n) is 3.63. The summed E-state index contributed by atoms with van der Waals surface area (Å²) in [5.41, 5.74) is 2.59. The van der Waals surface area contributed by atoms with Crippen molar-refractivity contribution in [1.29, 1.82) is 0 Å². The summed E-state index contributed by atoms with van der Waals surface area (Å²) >= 11 is 0. The minimum Gasteiger partial charge on any atom is -0.508 e. The van der Waals surface area contributed by atoms with Gasteiger partial charge in [0.15, 0.2) is 0 Å². The van der Waals surface area contributed by atoms with Crippen LogP contribution in [0, 0.1) is 0 Å². The number of rotatable bonds is 3. The van der Waals surface area contributed by atoms with Gasteiger partial charge in [-0.3, -0.25) is 0 Å². The summed E-state index contributed by atoms with van der Waals surface area (Å²) in [5.74, 6) is 0.262. The van der Waals surface area contributed by atoms with Gasteiger partial charge in [-0.25, -0.2) is 0 Å². The van der Waals surface area contributed by atoms with Crippen LogP contribution in [0.4, 0.5) is 0 Å². The van der Waals surface area contributed by atoms with Crippen LogP contribution in [-0.4, -0.2) is 10.2 Å². The summed E-state index contributed by atoms with van der Waals surface area (Å²) in [5, 5.41) is 20.4. The minimum atomic E-state index is -0.200. The normalized spacial score (nSPS) is 10.7. The molecule has 0 aliphatic rings. The van der Waals surface area contributed by atoms with E-state index in [1.165, 1.54) is 0 Å². The first-order valence-corrected chi connectivity index (χ1v) is 6.88. The molecule has 2 heteroatoms. The highest BCUT2D eigenvalue weighted by molar-refractivity contribution is 5.52. The zero-order valence-electron chi connectivity index (χ0n) is 11.5. The number of hydrogen-bond donors (Lipinski definition) is 2. The molecule has 0 aliphatic heterocycles. The van der Waals surface area contributed by atoms with Crippen LogP contribution in [-0.2, 0) is 0 Å². The lowest BCUT2D eigenvalue weighted by Gasteiger charge is -2.20. The number of aromatic hydroxyl groups is 2. The second kappa shape index (κ2) is 5.71. The maximum absolute atomic E-state index is 10.2. The SMILES string of the molecule is Oc1ccccc1C(c1ccccc1)c1ccccc1O. The molecule has 3 rings (SSSR count). The zero-order chi connectivity index (χ0) is 14.7. The Labute approximate surface area is 123 Å². The van der Waals surface area contributed by atoms with Crippen LogP contribution in [0.15, 0.2) is 78.9 Å². The van der Waals surface area contributed by atoms with Crippen LogP contribution in [0.25, 0.3) is 0 Å². The van der Waals surface area contributed by atoms with Gasteiger partial charge in [0.25, 0.3) is 0 Å². The van der Waals surface area contributed by atoms with Gasteiger partial charge in [0.05, 0.1) is 0 Å². The molecule has 2 N–H and O–H groups in total. The molecule has 0 saturated heterocycles. The number of hydrogen-bond acceptors (Lipinski definition) is 2. The maximum atomic E-state index is 10.2. The molecule has 0 spiro atoms. The molecular formula is C19H16O2. The van der Waals surface area contributed by atoms with Gasteiger partial charge in [-0.2, -0.15) is 0 Å². The fourth-order valence-corrected chi connectivity index (χ4v) is 2.64. The van der Waals surface area contributed by atoms with Crippen LogP contribution in [0.2, 0.25) is 0 Å². The van der Waals surface area contributed by atoms with Crippen molar-refractivity contribution in [1.82, 2.24) is 0 Å². The Morgan fingerprint density at radius 2 is 0.952 bits per heavy atom. The summed E-state index contributed by atoms with van der Waals surface area (Å²) in [6, 6.07) is 24.4. The summed E-state index contributed by atoms with van der Waals surface area (Å²) in [7, 11) is 0. The Kier molecular flexibility index (Phi) is 3.61. The Morgan fingerprint density at radius 3 is 1.43 bits per heavy atom. The highest BCUT2D eigenvalue weighted by atomic mass is 16.3. The van der Waals surface area contributed by atoms with E-state index in [1.807, 2.05) is 54.6 Å². The van der Waals surface area contributed by atoms with E-state index in [4.69, 9.17) is 0 Å². The van der Waals surface area contributed by atoms with Gasteiger partial charge in [-0.05, 0) is 17.7 Å². The molecule has 0 unspecified atom stereocenters. The molecule has 21 heavy (non-hydrogen) atoms. The van der Waals surface area contributed by atoms with Gasteiger partial charge in [0, 0.05) is 17.0 Å². The Hall–Kier alpha value is -2.74. The number of benzene rings is 3. The lowest BCUT2D eigenvalue weighted by Crippen LogP contribution is -2.04. The average molecular weight is 276 g/mol. The molecule has 0 fully saturated rings. The van der Waals surface area contributed by atoms with E-state index in [-0.39, 0.29) is 17.4 Å². The van der Waals surface area contributed by atoms with Crippen molar-refractivity contribution in [2.24, 2.45) is 0 Å². The van der Waals surface area contributed by atoms with Gasteiger partial charge < -0.3 is 10.2 Å². The predicted molar refractivity (Wildman–Crippen MR) is 83.6 cm³/mol. The maximum Gasteiger partial charge on any atom is 0.119 e. The van der Waals surface area contributed by atoms with Gasteiger partial charge in [-0.15, -0.1) is 0 Å². The van der Waals surface area contributed by atoms with Gasteiger partial charge in [0.2, 0.25) is 0 Å². The first-order chi connectivity index (χ1) is 10.3. The molecule has 0 aliphatic carbocycles. The predicted octanol–water partition coefficient (Wildman–Crippen LogP) is 4.28. The van der Waals surface area contributed by atoms with Crippen LogP contribution in [0.3, 0.4) is 0 Å². The number of para-hydroxylation sites is 2. The Balaban J connectivity index is 2.22. The second-order valence-corrected chi connectivity index (χ2v) is 4.96. The Morgan fingerprint density at radius 1 is 0.524 bits per heavy atom. The average Bonchev–Trinajstić information content (AvgIpc) is 2.52. The monoisotopic (exact) mass is 276 g/mol. The van der Waals surface area contributed by atoms with E-state index in [0.29, 0.717) is 0 Å². The largest absolute Gasteiger partial charge is 0.508 e. The van der Waals surface area contributed by atoms with E-state index < -0.39 is 0 Å². The van der Waals surface area contributed by atoms with Crippen LogP contribution in [0.1, 0.15) is 22.6 Å². The first kappa shape index (κ1) is 13.3. The smallest absolute Gasteiger partial charge is 0.119 e. The first-order valence-electron chi connectivity index (χ1n) is 6.88. The highest BCUT2D eigenvalue weighted by Gasteiger charge is 2.21. The second-order valence-electron chi connectivity index (χ2n) is 4.96. The molecule has 0 radical (unpaired) electrons. The molecule has 3 aromatic carbocycles. The number of phenols is 2. The molecule has 0 heterocycles. The molecule has 0 saturated carbocycles.